The molecule has 1 aliphatic heterocycles. The first-order valence-electron chi connectivity index (χ1n) is 7.39. The number of aromatic hydroxyl groups is 1. The van der Waals surface area contributed by atoms with E-state index >= 15 is 0 Å². The summed E-state index contributed by atoms with van der Waals surface area (Å²) >= 11 is 1.29. The van der Waals surface area contributed by atoms with Crippen LogP contribution >= 0.6 is 11.3 Å². The predicted molar refractivity (Wildman–Crippen MR) is 87.5 cm³/mol. The number of likely N-dealkylation sites (tertiary alicyclic amines) is 1. The molecule has 1 saturated heterocycles. The summed E-state index contributed by atoms with van der Waals surface area (Å²) in [6.07, 6.45) is 1.80. The third-order valence-corrected chi connectivity index (χ3v) is 4.72. The van der Waals surface area contributed by atoms with Gasteiger partial charge < -0.3 is 15.3 Å². The van der Waals surface area contributed by atoms with E-state index in [1.165, 1.54) is 17.4 Å². The molecule has 0 spiro atoms. The van der Waals surface area contributed by atoms with Gasteiger partial charge in [-0.1, -0.05) is 6.07 Å². The molecule has 22 heavy (non-hydrogen) atoms. The first kappa shape index (κ1) is 14.8. The molecule has 0 unspecified atom stereocenters. The van der Waals surface area contributed by atoms with E-state index in [0.29, 0.717) is 10.9 Å². The van der Waals surface area contributed by atoms with E-state index in [1.54, 1.807) is 5.38 Å². The number of nitrogens with one attached hydrogen (secondary N) is 1. The molecule has 2 aromatic rings. The number of rotatable bonds is 3. The quantitative estimate of drug-likeness (QED) is 0.913. The SMILES string of the molecule is Cc1cccc(NC2CCN(C(=O)c3cc(O)cs3)CC2)n1. The summed E-state index contributed by atoms with van der Waals surface area (Å²) in [6, 6.07) is 7.82. The molecule has 5 nitrogen and oxygen atoms in total. The number of aryl methyl sites for hydroxylation is 1. The van der Waals surface area contributed by atoms with Gasteiger partial charge in [-0.3, -0.25) is 4.79 Å². The zero-order valence-electron chi connectivity index (χ0n) is 12.5. The Morgan fingerprint density at radius 1 is 1.41 bits per heavy atom. The van der Waals surface area contributed by atoms with E-state index in [-0.39, 0.29) is 11.7 Å². The Morgan fingerprint density at radius 2 is 2.18 bits per heavy atom. The number of carbonyl (C=O) groups excluding carboxylic acids is 1. The maximum Gasteiger partial charge on any atom is 0.264 e. The highest BCUT2D eigenvalue weighted by Gasteiger charge is 2.24. The molecule has 6 heteroatoms. The summed E-state index contributed by atoms with van der Waals surface area (Å²) in [7, 11) is 0. The molecule has 0 aliphatic carbocycles. The molecule has 0 atom stereocenters. The van der Waals surface area contributed by atoms with E-state index in [1.807, 2.05) is 30.0 Å². The number of anilines is 1. The maximum atomic E-state index is 12.3. The minimum absolute atomic E-state index is 0.0115. The zero-order valence-corrected chi connectivity index (χ0v) is 13.3. The van der Waals surface area contributed by atoms with Gasteiger partial charge in [-0.25, -0.2) is 4.98 Å². The smallest absolute Gasteiger partial charge is 0.264 e. The predicted octanol–water partition coefficient (Wildman–Crippen LogP) is 2.87. The molecular formula is C16H19N3O2S. The second kappa shape index (κ2) is 6.36. The number of aromatic nitrogens is 1. The molecular weight excluding hydrogens is 298 g/mol. The van der Waals surface area contributed by atoms with Crippen molar-refractivity contribution in [3.05, 3.63) is 40.2 Å². The topological polar surface area (TPSA) is 65.5 Å². The van der Waals surface area contributed by atoms with Crippen LogP contribution in [0.3, 0.4) is 0 Å². The van der Waals surface area contributed by atoms with Gasteiger partial charge in [0, 0.05) is 36.3 Å². The Morgan fingerprint density at radius 3 is 2.82 bits per heavy atom. The molecule has 0 saturated carbocycles. The van der Waals surface area contributed by atoms with Crippen molar-refractivity contribution in [1.82, 2.24) is 9.88 Å². The van der Waals surface area contributed by atoms with Crippen molar-refractivity contribution >= 4 is 23.1 Å². The van der Waals surface area contributed by atoms with E-state index in [4.69, 9.17) is 0 Å². The minimum Gasteiger partial charge on any atom is -0.507 e. The van der Waals surface area contributed by atoms with Crippen molar-refractivity contribution in [1.29, 1.82) is 0 Å². The largest absolute Gasteiger partial charge is 0.507 e. The second-order valence-electron chi connectivity index (χ2n) is 5.54. The lowest BCUT2D eigenvalue weighted by molar-refractivity contribution is 0.0723. The molecule has 0 aromatic carbocycles. The van der Waals surface area contributed by atoms with Crippen molar-refractivity contribution in [2.45, 2.75) is 25.8 Å². The lowest BCUT2D eigenvalue weighted by Gasteiger charge is -2.32. The highest BCUT2D eigenvalue weighted by molar-refractivity contribution is 7.12. The molecule has 0 radical (unpaired) electrons. The summed E-state index contributed by atoms with van der Waals surface area (Å²) < 4.78 is 0. The Labute approximate surface area is 133 Å². The van der Waals surface area contributed by atoms with Gasteiger partial charge in [-0.15, -0.1) is 11.3 Å². The van der Waals surface area contributed by atoms with Gasteiger partial charge in [-0.05, 0) is 31.9 Å². The Bertz CT molecular complexity index is 663. The number of hydrogen-bond acceptors (Lipinski definition) is 5. The Balaban J connectivity index is 1.55. The number of pyridine rings is 1. The molecule has 1 fully saturated rings. The summed E-state index contributed by atoms with van der Waals surface area (Å²) in [5.74, 6) is 1.07. The fraction of sp³-hybridized carbons (Fsp3) is 0.375. The Kier molecular flexibility index (Phi) is 4.29. The molecule has 2 aromatic heterocycles. The molecule has 3 rings (SSSR count). The zero-order chi connectivity index (χ0) is 15.5. The van der Waals surface area contributed by atoms with E-state index in [0.717, 1.165) is 37.4 Å². The van der Waals surface area contributed by atoms with Gasteiger partial charge in [0.1, 0.15) is 11.6 Å². The number of piperidine rings is 1. The first-order chi connectivity index (χ1) is 10.6. The number of hydrogen-bond donors (Lipinski definition) is 2. The van der Waals surface area contributed by atoms with Crippen molar-refractivity contribution in [2.24, 2.45) is 0 Å². The molecule has 3 heterocycles. The lowest BCUT2D eigenvalue weighted by atomic mass is 10.0. The van der Waals surface area contributed by atoms with Crippen LogP contribution in [0.1, 0.15) is 28.2 Å². The van der Waals surface area contributed by atoms with Gasteiger partial charge in [0.25, 0.3) is 5.91 Å². The van der Waals surface area contributed by atoms with Crippen molar-refractivity contribution < 1.29 is 9.90 Å². The standard InChI is InChI=1S/C16H19N3O2S/c1-11-3-2-4-15(17-11)18-12-5-7-19(8-6-12)16(21)14-9-13(20)10-22-14/h2-4,9-10,12,20H,5-8H2,1H3,(H,17,18). The maximum absolute atomic E-state index is 12.3. The van der Waals surface area contributed by atoms with Gasteiger partial charge in [0.05, 0.1) is 4.88 Å². The molecule has 116 valence electrons. The van der Waals surface area contributed by atoms with Gasteiger partial charge >= 0.3 is 0 Å². The van der Waals surface area contributed by atoms with Crippen LogP contribution < -0.4 is 5.32 Å². The third kappa shape index (κ3) is 3.39. The van der Waals surface area contributed by atoms with Crippen LogP contribution in [0, 0.1) is 6.92 Å². The van der Waals surface area contributed by atoms with Crippen molar-refractivity contribution in [3.8, 4) is 5.75 Å². The van der Waals surface area contributed by atoms with Crippen LogP contribution in [0.25, 0.3) is 0 Å². The number of amides is 1. The van der Waals surface area contributed by atoms with Crippen LogP contribution in [0.5, 0.6) is 5.75 Å². The molecule has 0 bridgehead atoms. The van der Waals surface area contributed by atoms with Crippen LogP contribution in [0.15, 0.2) is 29.6 Å². The summed E-state index contributed by atoms with van der Waals surface area (Å²) in [5.41, 5.74) is 0.995. The normalized spacial score (nSPS) is 15.8. The van der Waals surface area contributed by atoms with E-state index in [9.17, 15) is 9.90 Å². The number of carbonyl (C=O) groups is 1. The summed E-state index contributed by atoms with van der Waals surface area (Å²) in [5, 5.41) is 14.4. The molecule has 1 aliphatic rings. The minimum atomic E-state index is 0.0115. The number of thiophene rings is 1. The van der Waals surface area contributed by atoms with Crippen LogP contribution in [-0.4, -0.2) is 40.0 Å². The average Bonchev–Trinajstić information content (AvgIpc) is 2.94. The van der Waals surface area contributed by atoms with Crippen molar-refractivity contribution in [3.63, 3.8) is 0 Å². The van der Waals surface area contributed by atoms with Crippen LogP contribution in [-0.2, 0) is 0 Å². The fourth-order valence-corrected chi connectivity index (χ4v) is 3.39. The third-order valence-electron chi connectivity index (χ3n) is 3.82. The lowest BCUT2D eigenvalue weighted by Crippen LogP contribution is -2.42. The summed E-state index contributed by atoms with van der Waals surface area (Å²) in [6.45, 7) is 3.42. The van der Waals surface area contributed by atoms with Gasteiger partial charge in [0.2, 0.25) is 0 Å². The molecule has 1 amide bonds. The van der Waals surface area contributed by atoms with Gasteiger partial charge in [0.15, 0.2) is 0 Å². The fourth-order valence-electron chi connectivity index (χ4n) is 2.65. The Hall–Kier alpha value is -2.08. The molecule has 2 N–H and O–H groups in total. The first-order valence-corrected chi connectivity index (χ1v) is 8.27. The monoisotopic (exact) mass is 317 g/mol. The highest BCUT2D eigenvalue weighted by atomic mass is 32.1. The van der Waals surface area contributed by atoms with Crippen LogP contribution in [0.2, 0.25) is 0 Å². The van der Waals surface area contributed by atoms with Crippen LogP contribution in [0.4, 0.5) is 5.82 Å². The van der Waals surface area contributed by atoms with E-state index in [2.05, 4.69) is 10.3 Å². The summed E-state index contributed by atoms with van der Waals surface area (Å²) in [4.78, 5) is 19.2. The number of nitrogens with zero attached hydrogens (tertiary/aromatic N) is 2. The second-order valence-corrected chi connectivity index (χ2v) is 6.46. The van der Waals surface area contributed by atoms with Gasteiger partial charge in [-0.2, -0.15) is 0 Å². The van der Waals surface area contributed by atoms with Crippen molar-refractivity contribution in [2.75, 3.05) is 18.4 Å². The average molecular weight is 317 g/mol. The van der Waals surface area contributed by atoms with E-state index < -0.39 is 0 Å². The highest BCUT2D eigenvalue weighted by Crippen LogP contribution is 2.23.